The van der Waals surface area contributed by atoms with Crippen LogP contribution in [0.4, 0.5) is 0 Å². The molecule has 0 amide bonds. The standard InChI is InChI=1S/C13H28N2O/c1-12(2)6-4-8-15(10-12)9-5-7-13(3,14)11-16/h16H,4-11,14H2,1-3H3. The third kappa shape index (κ3) is 4.81. The summed E-state index contributed by atoms with van der Waals surface area (Å²) in [7, 11) is 0. The molecule has 3 N–H and O–H groups in total. The SMILES string of the molecule is CC1(C)CCCN(CCCC(C)(N)CO)C1. The van der Waals surface area contributed by atoms with E-state index in [-0.39, 0.29) is 6.61 Å². The van der Waals surface area contributed by atoms with Gasteiger partial charge in [0, 0.05) is 12.1 Å². The Morgan fingerprint density at radius 1 is 1.44 bits per heavy atom. The van der Waals surface area contributed by atoms with Gasteiger partial charge in [-0.15, -0.1) is 0 Å². The van der Waals surface area contributed by atoms with Crippen molar-refractivity contribution in [3.05, 3.63) is 0 Å². The lowest BCUT2D eigenvalue weighted by Crippen LogP contribution is -2.43. The van der Waals surface area contributed by atoms with Crippen LogP contribution in [0, 0.1) is 5.41 Å². The molecule has 0 bridgehead atoms. The average Bonchev–Trinajstić information content (AvgIpc) is 2.16. The highest BCUT2D eigenvalue weighted by Crippen LogP contribution is 2.28. The Kier molecular flexibility index (Phi) is 4.77. The smallest absolute Gasteiger partial charge is 0.0608 e. The zero-order chi connectivity index (χ0) is 12.2. The van der Waals surface area contributed by atoms with Gasteiger partial charge in [0.05, 0.1) is 6.61 Å². The first kappa shape index (κ1) is 13.9. The van der Waals surface area contributed by atoms with Gasteiger partial charge in [-0.1, -0.05) is 13.8 Å². The molecule has 1 saturated heterocycles. The minimum atomic E-state index is -0.398. The van der Waals surface area contributed by atoms with Crippen molar-refractivity contribution >= 4 is 0 Å². The van der Waals surface area contributed by atoms with Crippen molar-refractivity contribution in [2.24, 2.45) is 11.1 Å². The van der Waals surface area contributed by atoms with E-state index < -0.39 is 5.54 Å². The molecule has 1 rings (SSSR count). The molecule has 1 atom stereocenters. The Bertz CT molecular complexity index is 214. The lowest BCUT2D eigenvalue weighted by Gasteiger charge is -2.38. The van der Waals surface area contributed by atoms with Crippen LogP contribution in [0.15, 0.2) is 0 Å². The van der Waals surface area contributed by atoms with E-state index in [9.17, 15) is 0 Å². The van der Waals surface area contributed by atoms with Gasteiger partial charge < -0.3 is 15.7 Å². The van der Waals surface area contributed by atoms with Gasteiger partial charge in [-0.3, -0.25) is 0 Å². The van der Waals surface area contributed by atoms with Gasteiger partial charge in [0.2, 0.25) is 0 Å². The molecule has 1 aliphatic rings. The molecule has 3 heteroatoms. The van der Waals surface area contributed by atoms with Crippen LogP contribution in [0.5, 0.6) is 0 Å². The number of piperidine rings is 1. The molecule has 0 radical (unpaired) electrons. The second-order valence-electron chi connectivity index (χ2n) is 6.46. The van der Waals surface area contributed by atoms with Gasteiger partial charge in [0.1, 0.15) is 0 Å². The molecule has 0 aromatic carbocycles. The fourth-order valence-corrected chi connectivity index (χ4v) is 2.52. The van der Waals surface area contributed by atoms with E-state index in [1.54, 1.807) is 0 Å². The van der Waals surface area contributed by atoms with Crippen molar-refractivity contribution in [2.75, 3.05) is 26.2 Å². The summed E-state index contributed by atoms with van der Waals surface area (Å²) in [5, 5.41) is 9.08. The number of nitrogens with two attached hydrogens (primary N) is 1. The molecular formula is C13H28N2O. The van der Waals surface area contributed by atoms with Gasteiger partial charge in [-0.2, -0.15) is 0 Å². The quantitative estimate of drug-likeness (QED) is 0.751. The molecule has 1 unspecified atom stereocenters. The molecule has 1 fully saturated rings. The largest absolute Gasteiger partial charge is 0.394 e. The lowest BCUT2D eigenvalue weighted by molar-refractivity contribution is 0.111. The summed E-state index contributed by atoms with van der Waals surface area (Å²) < 4.78 is 0. The van der Waals surface area contributed by atoms with Crippen molar-refractivity contribution < 1.29 is 5.11 Å². The summed E-state index contributed by atoms with van der Waals surface area (Å²) in [6, 6.07) is 0. The fourth-order valence-electron chi connectivity index (χ4n) is 2.52. The summed E-state index contributed by atoms with van der Waals surface area (Å²) in [5.74, 6) is 0. The second-order valence-corrected chi connectivity index (χ2v) is 6.46. The predicted molar refractivity (Wildman–Crippen MR) is 68.4 cm³/mol. The molecule has 0 aliphatic carbocycles. The van der Waals surface area contributed by atoms with Crippen LogP contribution in [0.2, 0.25) is 0 Å². The maximum Gasteiger partial charge on any atom is 0.0608 e. The molecule has 1 heterocycles. The van der Waals surface area contributed by atoms with Crippen molar-refractivity contribution in [1.29, 1.82) is 0 Å². The average molecular weight is 228 g/mol. The third-order valence-electron chi connectivity index (χ3n) is 3.56. The predicted octanol–water partition coefficient (Wildman–Crippen LogP) is 1.60. The fraction of sp³-hybridized carbons (Fsp3) is 1.00. The summed E-state index contributed by atoms with van der Waals surface area (Å²) >= 11 is 0. The highest BCUT2D eigenvalue weighted by Gasteiger charge is 2.26. The summed E-state index contributed by atoms with van der Waals surface area (Å²) in [4.78, 5) is 2.54. The van der Waals surface area contributed by atoms with Crippen LogP contribution in [0.1, 0.15) is 46.5 Å². The molecule has 0 saturated carbocycles. The van der Waals surface area contributed by atoms with Crippen molar-refractivity contribution in [3.8, 4) is 0 Å². The van der Waals surface area contributed by atoms with Crippen molar-refractivity contribution in [1.82, 2.24) is 4.90 Å². The van der Waals surface area contributed by atoms with E-state index in [0.717, 1.165) is 19.4 Å². The van der Waals surface area contributed by atoms with E-state index in [1.807, 2.05) is 6.92 Å². The number of aliphatic hydroxyl groups excluding tert-OH is 1. The molecule has 0 aromatic heterocycles. The highest BCUT2D eigenvalue weighted by molar-refractivity contribution is 4.81. The number of nitrogens with zero attached hydrogens (tertiary/aromatic N) is 1. The Balaban J connectivity index is 2.23. The van der Waals surface area contributed by atoms with Crippen molar-refractivity contribution in [3.63, 3.8) is 0 Å². The van der Waals surface area contributed by atoms with Gasteiger partial charge in [-0.25, -0.2) is 0 Å². The molecule has 0 aromatic rings. The molecule has 1 aliphatic heterocycles. The maximum atomic E-state index is 9.08. The molecule has 96 valence electrons. The summed E-state index contributed by atoms with van der Waals surface area (Å²) in [5.41, 5.74) is 5.99. The number of likely N-dealkylation sites (tertiary alicyclic amines) is 1. The van der Waals surface area contributed by atoms with Crippen LogP contribution in [0.25, 0.3) is 0 Å². The third-order valence-corrected chi connectivity index (χ3v) is 3.56. The van der Waals surface area contributed by atoms with Gasteiger partial charge in [-0.05, 0) is 51.1 Å². The summed E-state index contributed by atoms with van der Waals surface area (Å²) in [6.45, 7) is 10.2. The van der Waals surface area contributed by atoms with Gasteiger partial charge >= 0.3 is 0 Å². The van der Waals surface area contributed by atoms with Crippen LogP contribution in [-0.2, 0) is 0 Å². The van der Waals surface area contributed by atoms with Crippen LogP contribution < -0.4 is 5.73 Å². The van der Waals surface area contributed by atoms with Gasteiger partial charge in [0.15, 0.2) is 0 Å². The minimum Gasteiger partial charge on any atom is -0.394 e. The first-order valence-electron chi connectivity index (χ1n) is 6.47. The van der Waals surface area contributed by atoms with Crippen LogP contribution in [0.3, 0.4) is 0 Å². The zero-order valence-electron chi connectivity index (χ0n) is 11.1. The van der Waals surface area contributed by atoms with Crippen LogP contribution in [-0.4, -0.2) is 41.8 Å². The lowest BCUT2D eigenvalue weighted by atomic mass is 9.84. The first-order valence-corrected chi connectivity index (χ1v) is 6.47. The number of aliphatic hydroxyl groups is 1. The van der Waals surface area contributed by atoms with E-state index in [0.29, 0.717) is 5.41 Å². The topological polar surface area (TPSA) is 49.5 Å². The second kappa shape index (κ2) is 5.48. The Morgan fingerprint density at radius 3 is 2.69 bits per heavy atom. The Labute approximate surface area is 100 Å². The molecule has 3 nitrogen and oxygen atoms in total. The monoisotopic (exact) mass is 228 g/mol. The van der Waals surface area contributed by atoms with Crippen LogP contribution >= 0.6 is 0 Å². The number of hydrogen-bond donors (Lipinski definition) is 2. The van der Waals surface area contributed by atoms with E-state index >= 15 is 0 Å². The number of rotatable bonds is 5. The molecule has 0 spiro atoms. The minimum absolute atomic E-state index is 0.0818. The van der Waals surface area contributed by atoms with Gasteiger partial charge in [0.25, 0.3) is 0 Å². The zero-order valence-corrected chi connectivity index (χ0v) is 11.1. The Hall–Kier alpha value is -0.120. The van der Waals surface area contributed by atoms with Crippen molar-refractivity contribution in [2.45, 2.75) is 52.0 Å². The first-order chi connectivity index (χ1) is 7.35. The van der Waals surface area contributed by atoms with E-state index in [2.05, 4.69) is 18.7 Å². The maximum absolute atomic E-state index is 9.08. The summed E-state index contributed by atoms with van der Waals surface area (Å²) in [6.07, 6.45) is 4.64. The van der Waals surface area contributed by atoms with E-state index in [4.69, 9.17) is 10.8 Å². The number of hydrogen-bond acceptors (Lipinski definition) is 3. The van der Waals surface area contributed by atoms with E-state index in [1.165, 1.54) is 25.9 Å². The Morgan fingerprint density at radius 2 is 2.12 bits per heavy atom. The normalized spacial score (nSPS) is 25.3. The molecular weight excluding hydrogens is 200 g/mol. The highest BCUT2D eigenvalue weighted by atomic mass is 16.3. The molecule has 16 heavy (non-hydrogen) atoms.